The third kappa shape index (κ3) is 4.92. The highest BCUT2D eigenvalue weighted by Gasteiger charge is 2.28. The molecule has 0 radical (unpaired) electrons. The van der Waals surface area contributed by atoms with Gasteiger partial charge in [0.05, 0.1) is 19.3 Å². The van der Waals surface area contributed by atoms with Gasteiger partial charge in [-0.2, -0.15) is 0 Å². The monoisotopic (exact) mass is 257 g/mol. The Morgan fingerprint density at radius 3 is 2.44 bits per heavy atom. The second-order valence-corrected chi connectivity index (χ2v) is 6.17. The number of hydrogen-bond donors (Lipinski definition) is 2. The number of amides is 1. The van der Waals surface area contributed by atoms with E-state index >= 15 is 0 Å². The largest absolute Gasteiger partial charge is 0.379 e. The summed E-state index contributed by atoms with van der Waals surface area (Å²) >= 11 is 0. The number of morpholine rings is 1. The minimum atomic E-state index is -0.468. The molecule has 3 N–H and O–H groups in total. The maximum Gasteiger partial charge on any atom is 0.237 e. The van der Waals surface area contributed by atoms with Crippen LogP contribution in [-0.2, 0) is 9.53 Å². The lowest BCUT2D eigenvalue weighted by Crippen LogP contribution is -2.53. The van der Waals surface area contributed by atoms with Gasteiger partial charge < -0.3 is 15.8 Å². The third-order valence-electron chi connectivity index (χ3n) is 3.24. The van der Waals surface area contributed by atoms with Crippen molar-refractivity contribution in [3.05, 3.63) is 0 Å². The lowest BCUT2D eigenvalue weighted by Gasteiger charge is -2.31. The van der Waals surface area contributed by atoms with Gasteiger partial charge in [-0.1, -0.05) is 20.8 Å². The average molecular weight is 257 g/mol. The van der Waals surface area contributed by atoms with Crippen LogP contribution in [0.5, 0.6) is 0 Å². The molecule has 1 fully saturated rings. The number of carbonyl (C=O) groups excluding carboxylic acids is 1. The van der Waals surface area contributed by atoms with Crippen molar-refractivity contribution in [2.75, 3.05) is 32.8 Å². The van der Waals surface area contributed by atoms with Crippen LogP contribution in [0.4, 0.5) is 0 Å². The molecule has 0 aromatic carbocycles. The van der Waals surface area contributed by atoms with E-state index < -0.39 is 6.04 Å². The zero-order valence-electron chi connectivity index (χ0n) is 12.0. The van der Waals surface area contributed by atoms with Crippen LogP contribution in [0.3, 0.4) is 0 Å². The van der Waals surface area contributed by atoms with Crippen molar-refractivity contribution >= 4 is 5.91 Å². The van der Waals surface area contributed by atoms with Crippen LogP contribution in [0.25, 0.3) is 0 Å². The van der Waals surface area contributed by atoms with Gasteiger partial charge in [-0.05, 0) is 12.3 Å². The summed E-state index contributed by atoms with van der Waals surface area (Å²) in [5.41, 5.74) is 5.72. The van der Waals surface area contributed by atoms with Crippen molar-refractivity contribution < 1.29 is 9.53 Å². The second-order valence-electron chi connectivity index (χ2n) is 6.17. The first kappa shape index (κ1) is 15.4. The Morgan fingerprint density at radius 2 is 1.94 bits per heavy atom. The van der Waals surface area contributed by atoms with E-state index in [1.54, 1.807) is 0 Å². The molecule has 18 heavy (non-hydrogen) atoms. The molecule has 1 rings (SSSR count). The molecule has 0 aromatic heterocycles. The van der Waals surface area contributed by atoms with Crippen molar-refractivity contribution in [2.45, 2.75) is 39.8 Å². The van der Waals surface area contributed by atoms with Gasteiger partial charge in [-0.25, -0.2) is 0 Å². The first-order chi connectivity index (χ1) is 8.30. The molecule has 5 nitrogen and oxygen atoms in total. The summed E-state index contributed by atoms with van der Waals surface area (Å²) in [6, 6.07) is -0.353. The van der Waals surface area contributed by atoms with Gasteiger partial charge in [0.25, 0.3) is 0 Å². The predicted octanol–water partition coefficient (Wildman–Crippen LogP) is 0.197. The van der Waals surface area contributed by atoms with Crippen LogP contribution >= 0.6 is 0 Å². The molecule has 1 saturated heterocycles. The maximum absolute atomic E-state index is 12.0. The van der Waals surface area contributed by atoms with Gasteiger partial charge in [0, 0.05) is 25.7 Å². The minimum absolute atomic E-state index is 0.0664. The zero-order valence-corrected chi connectivity index (χ0v) is 12.0. The van der Waals surface area contributed by atoms with Crippen LogP contribution in [0.2, 0.25) is 0 Å². The Labute approximate surface area is 110 Å². The molecule has 1 amide bonds. The molecule has 1 unspecified atom stereocenters. The molecule has 0 bridgehead atoms. The van der Waals surface area contributed by atoms with E-state index in [-0.39, 0.29) is 17.4 Å². The van der Waals surface area contributed by atoms with Gasteiger partial charge in [0.2, 0.25) is 5.91 Å². The summed E-state index contributed by atoms with van der Waals surface area (Å²) < 4.78 is 5.30. The van der Waals surface area contributed by atoms with Crippen molar-refractivity contribution in [3.63, 3.8) is 0 Å². The van der Waals surface area contributed by atoms with Crippen LogP contribution in [0.1, 0.15) is 27.7 Å². The van der Waals surface area contributed by atoms with Crippen LogP contribution < -0.4 is 11.1 Å². The molecule has 0 aromatic rings. The molecular weight excluding hydrogens is 230 g/mol. The third-order valence-corrected chi connectivity index (χ3v) is 3.24. The SMILES string of the molecule is CC(CN1CCOCC1)NC(=O)[C@H](N)C(C)(C)C. The van der Waals surface area contributed by atoms with E-state index in [4.69, 9.17) is 10.5 Å². The molecule has 5 heteroatoms. The summed E-state index contributed by atoms with van der Waals surface area (Å²) in [5, 5.41) is 2.99. The highest BCUT2D eigenvalue weighted by Crippen LogP contribution is 2.17. The number of ether oxygens (including phenoxy) is 1. The first-order valence-electron chi connectivity index (χ1n) is 6.67. The summed E-state index contributed by atoms with van der Waals surface area (Å²) in [5.74, 6) is -0.0664. The van der Waals surface area contributed by atoms with Gasteiger partial charge >= 0.3 is 0 Å². The fourth-order valence-electron chi connectivity index (χ4n) is 1.94. The minimum Gasteiger partial charge on any atom is -0.379 e. The number of nitrogens with zero attached hydrogens (tertiary/aromatic N) is 1. The summed E-state index contributed by atoms with van der Waals surface area (Å²) in [4.78, 5) is 14.3. The molecule has 1 heterocycles. The standard InChI is InChI=1S/C13H27N3O2/c1-10(9-16-5-7-18-8-6-16)15-12(17)11(14)13(2,3)4/h10-11H,5-9,14H2,1-4H3,(H,15,17)/t10?,11-/m0/s1. The van der Waals surface area contributed by atoms with Crippen molar-refractivity contribution in [1.29, 1.82) is 0 Å². The molecule has 0 aliphatic carbocycles. The molecule has 1 aliphatic heterocycles. The van der Waals surface area contributed by atoms with Crippen LogP contribution in [0.15, 0.2) is 0 Å². The summed E-state index contributed by atoms with van der Waals surface area (Å²) in [6.45, 7) is 12.2. The smallest absolute Gasteiger partial charge is 0.237 e. The summed E-state index contributed by atoms with van der Waals surface area (Å²) in [6.07, 6.45) is 0. The van der Waals surface area contributed by atoms with Crippen LogP contribution in [0, 0.1) is 5.41 Å². The fourth-order valence-corrected chi connectivity index (χ4v) is 1.94. The molecule has 2 atom stereocenters. The molecule has 1 aliphatic rings. The van der Waals surface area contributed by atoms with E-state index in [0.717, 1.165) is 32.8 Å². The van der Waals surface area contributed by atoms with E-state index in [1.807, 2.05) is 27.7 Å². The number of carbonyl (C=O) groups is 1. The quantitative estimate of drug-likeness (QED) is 0.755. The van der Waals surface area contributed by atoms with Gasteiger partial charge in [-0.15, -0.1) is 0 Å². The topological polar surface area (TPSA) is 67.6 Å². The second kappa shape index (κ2) is 6.50. The Balaban J connectivity index is 2.34. The lowest BCUT2D eigenvalue weighted by molar-refractivity contribution is -0.125. The highest BCUT2D eigenvalue weighted by atomic mass is 16.5. The van der Waals surface area contributed by atoms with Gasteiger partial charge in [-0.3, -0.25) is 9.69 Å². The van der Waals surface area contributed by atoms with E-state index in [9.17, 15) is 4.79 Å². The first-order valence-corrected chi connectivity index (χ1v) is 6.67. The fraction of sp³-hybridized carbons (Fsp3) is 0.923. The Hall–Kier alpha value is -0.650. The Bertz CT molecular complexity index is 270. The lowest BCUT2D eigenvalue weighted by atomic mass is 9.87. The number of rotatable bonds is 4. The number of nitrogens with one attached hydrogen (secondary N) is 1. The Kier molecular flexibility index (Phi) is 5.56. The van der Waals surface area contributed by atoms with Crippen molar-refractivity contribution in [3.8, 4) is 0 Å². The average Bonchev–Trinajstić information content (AvgIpc) is 2.27. The van der Waals surface area contributed by atoms with E-state index in [0.29, 0.717) is 0 Å². The van der Waals surface area contributed by atoms with Crippen molar-refractivity contribution in [1.82, 2.24) is 10.2 Å². The highest BCUT2D eigenvalue weighted by molar-refractivity contribution is 5.82. The number of nitrogens with two attached hydrogens (primary N) is 1. The molecule has 106 valence electrons. The van der Waals surface area contributed by atoms with Gasteiger partial charge in [0.15, 0.2) is 0 Å². The van der Waals surface area contributed by atoms with Gasteiger partial charge in [0.1, 0.15) is 0 Å². The molecule has 0 spiro atoms. The number of hydrogen-bond acceptors (Lipinski definition) is 4. The van der Waals surface area contributed by atoms with Crippen molar-refractivity contribution in [2.24, 2.45) is 11.1 Å². The van der Waals surface area contributed by atoms with E-state index in [1.165, 1.54) is 0 Å². The maximum atomic E-state index is 12.0. The predicted molar refractivity (Wildman–Crippen MR) is 72.3 cm³/mol. The van der Waals surface area contributed by atoms with E-state index in [2.05, 4.69) is 10.2 Å². The summed E-state index contributed by atoms with van der Waals surface area (Å²) in [7, 11) is 0. The normalized spacial score (nSPS) is 21.4. The Morgan fingerprint density at radius 1 is 1.39 bits per heavy atom. The zero-order chi connectivity index (χ0) is 13.8. The molecule has 0 saturated carbocycles. The van der Waals surface area contributed by atoms with Crippen LogP contribution in [-0.4, -0.2) is 55.7 Å². The molecular formula is C13H27N3O2.